The molecule has 21 heavy (non-hydrogen) atoms. The van der Waals surface area contributed by atoms with E-state index in [1.165, 1.54) is 17.7 Å². The van der Waals surface area contributed by atoms with Gasteiger partial charge in [0, 0.05) is 17.8 Å². The summed E-state index contributed by atoms with van der Waals surface area (Å²) in [5.41, 5.74) is 2.73. The first-order valence-corrected chi connectivity index (χ1v) is 7.64. The number of aryl methyl sites for hydroxylation is 1. The number of para-hydroxylation sites is 1. The highest BCUT2D eigenvalue weighted by molar-refractivity contribution is 5.66. The fourth-order valence-corrected chi connectivity index (χ4v) is 2.80. The van der Waals surface area contributed by atoms with Crippen molar-refractivity contribution in [2.24, 2.45) is 0 Å². The normalized spacial score (nSPS) is 14.7. The molecule has 0 aliphatic carbocycles. The lowest BCUT2D eigenvalue weighted by Crippen LogP contribution is -2.28. The molecule has 0 unspecified atom stereocenters. The zero-order valence-corrected chi connectivity index (χ0v) is 13.1. The molecule has 3 nitrogen and oxygen atoms in total. The van der Waals surface area contributed by atoms with Crippen molar-refractivity contribution in [3.63, 3.8) is 0 Å². The number of hydrogen-bond acceptors (Lipinski definition) is 3. The van der Waals surface area contributed by atoms with Crippen LogP contribution in [0, 0.1) is 0 Å². The molecular weight excluding hydrogens is 258 g/mol. The molecule has 2 heterocycles. The minimum Gasteiger partial charge on any atom is -0.365 e. The second-order valence-electron chi connectivity index (χ2n) is 6.64. The van der Waals surface area contributed by atoms with Crippen LogP contribution in [-0.4, -0.2) is 17.1 Å². The van der Waals surface area contributed by atoms with Gasteiger partial charge in [0.15, 0.2) is 0 Å². The quantitative estimate of drug-likeness (QED) is 0.885. The summed E-state index contributed by atoms with van der Waals surface area (Å²) >= 11 is 0. The molecular formula is C18H23N3. The zero-order chi connectivity index (χ0) is 14.9. The Morgan fingerprint density at radius 3 is 2.67 bits per heavy atom. The van der Waals surface area contributed by atoms with E-state index in [0.717, 1.165) is 24.6 Å². The third kappa shape index (κ3) is 3.18. The van der Waals surface area contributed by atoms with Gasteiger partial charge in [-0.25, -0.2) is 4.98 Å². The summed E-state index contributed by atoms with van der Waals surface area (Å²) in [6.07, 6.45) is 2.34. The molecule has 0 atom stereocenters. The van der Waals surface area contributed by atoms with Gasteiger partial charge in [-0.2, -0.15) is 0 Å². The SMILES string of the molecule is CC(C)(C)Nc1cccc(N2CCCc3ccccc32)n1. The monoisotopic (exact) mass is 281 g/mol. The molecule has 1 aliphatic heterocycles. The van der Waals surface area contributed by atoms with Gasteiger partial charge in [0.1, 0.15) is 11.6 Å². The van der Waals surface area contributed by atoms with Crippen molar-refractivity contribution in [2.45, 2.75) is 39.2 Å². The molecule has 110 valence electrons. The number of rotatable bonds is 2. The highest BCUT2D eigenvalue weighted by atomic mass is 15.2. The van der Waals surface area contributed by atoms with Crippen LogP contribution in [0.4, 0.5) is 17.3 Å². The van der Waals surface area contributed by atoms with Gasteiger partial charge in [-0.15, -0.1) is 0 Å². The number of nitrogens with one attached hydrogen (secondary N) is 1. The standard InChI is InChI=1S/C18H23N3/c1-18(2,3)20-16-11-6-12-17(19-16)21-13-7-9-14-8-4-5-10-15(14)21/h4-6,8,10-12H,7,9,13H2,1-3H3,(H,19,20). The maximum absolute atomic E-state index is 4.80. The fraction of sp³-hybridized carbons (Fsp3) is 0.389. The van der Waals surface area contributed by atoms with Gasteiger partial charge in [-0.05, 0) is 57.4 Å². The first-order valence-electron chi connectivity index (χ1n) is 7.64. The van der Waals surface area contributed by atoms with Gasteiger partial charge >= 0.3 is 0 Å². The lowest BCUT2D eigenvalue weighted by Gasteiger charge is -2.31. The first kappa shape index (κ1) is 13.9. The second-order valence-corrected chi connectivity index (χ2v) is 6.64. The summed E-state index contributed by atoms with van der Waals surface area (Å²) < 4.78 is 0. The van der Waals surface area contributed by atoms with E-state index in [-0.39, 0.29) is 5.54 Å². The van der Waals surface area contributed by atoms with Crippen LogP contribution in [0.15, 0.2) is 42.5 Å². The largest absolute Gasteiger partial charge is 0.365 e. The molecule has 0 radical (unpaired) electrons. The Morgan fingerprint density at radius 2 is 1.86 bits per heavy atom. The number of anilines is 3. The molecule has 3 heteroatoms. The predicted octanol–water partition coefficient (Wildman–Crippen LogP) is 4.38. The van der Waals surface area contributed by atoms with Gasteiger partial charge in [-0.3, -0.25) is 0 Å². The Bertz CT molecular complexity index is 628. The van der Waals surface area contributed by atoms with Crippen LogP contribution in [0.3, 0.4) is 0 Å². The van der Waals surface area contributed by atoms with E-state index in [1.54, 1.807) is 0 Å². The van der Waals surface area contributed by atoms with Gasteiger partial charge in [-0.1, -0.05) is 24.3 Å². The van der Waals surface area contributed by atoms with Crippen molar-refractivity contribution >= 4 is 17.3 Å². The maximum Gasteiger partial charge on any atom is 0.135 e. The van der Waals surface area contributed by atoms with E-state index < -0.39 is 0 Å². The number of fused-ring (bicyclic) bond motifs is 1. The van der Waals surface area contributed by atoms with Gasteiger partial charge < -0.3 is 10.2 Å². The topological polar surface area (TPSA) is 28.2 Å². The summed E-state index contributed by atoms with van der Waals surface area (Å²) in [6, 6.07) is 14.8. The first-order chi connectivity index (χ1) is 10.0. The molecule has 1 N–H and O–H groups in total. The van der Waals surface area contributed by atoms with Crippen molar-refractivity contribution in [1.29, 1.82) is 0 Å². The summed E-state index contributed by atoms with van der Waals surface area (Å²) in [5, 5.41) is 3.45. The molecule has 0 spiro atoms. The van der Waals surface area contributed by atoms with Crippen LogP contribution in [0.5, 0.6) is 0 Å². The number of aromatic nitrogens is 1. The van der Waals surface area contributed by atoms with Crippen LogP contribution < -0.4 is 10.2 Å². The smallest absolute Gasteiger partial charge is 0.135 e. The Balaban J connectivity index is 1.93. The maximum atomic E-state index is 4.80. The van der Waals surface area contributed by atoms with E-state index in [0.29, 0.717) is 0 Å². The van der Waals surface area contributed by atoms with E-state index in [1.807, 2.05) is 6.07 Å². The molecule has 3 rings (SSSR count). The molecule has 0 saturated carbocycles. The van der Waals surface area contributed by atoms with E-state index in [4.69, 9.17) is 4.98 Å². The van der Waals surface area contributed by atoms with E-state index in [9.17, 15) is 0 Å². The van der Waals surface area contributed by atoms with Gasteiger partial charge in [0.2, 0.25) is 0 Å². The highest BCUT2D eigenvalue weighted by Gasteiger charge is 2.19. The number of pyridine rings is 1. The summed E-state index contributed by atoms with van der Waals surface area (Å²) in [4.78, 5) is 7.12. The minimum absolute atomic E-state index is 0.0193. The lowest BCUT2D eigenvalue weighted by molar-refractivity contribution is 0.630. The Morgan fingerprint density at radius 1 is 1.05 bits per heavy atom. The third-order valence-electron chi connectivity index (χ3n) is 3.62. The number of hydrogen-bond donors (Lipinski definition) is 1. The average Bonchev–Trinajstić information content (AvgIpc) is 2.45. The zero-order valence-electron chi connectivity index (χ0n) is 13.1. The fourth-order valence-electron chi connectivity index (χ4n) is 2.80. The van der Waals surface area contributed by atoms with Crippen molar-refractivity contribution in [1.82, 2.24) is 4.98 Å². The number of nitrogens with zero attached hydrogens (tertiary/aromatic N) is 2. The summed E-state index contributed by atoms with van der Waals surface area (Å²) in [7, 11) is 0. The summed E-state index contributed by atoms with van der Waals surface area (Å²) in [6.45, 7) is 7.48. The van der Waals surface area contributed by atoms with Crippen LogP contribution in [0.2, 0.25) is 0 Å². The van der Waals surface area contributed by atoms with Crippen molar-refractivity contribution in [3.8, 4) is 0 Å². The van der Waals surface area contributed by atoms with Crippen LogP contribution in [0.25, 0.3) is 0 Å². The third-order valence-corrected chi connectivity index (χ3v) is 3.62. The average molecular weight is 281 g/mol. The highest BCUT2D eigenvalue weighted by Crippen LogP contribution is 2.32. The second kappa shape index (κ2) is 5.40. The molecule has 0 bridgehead atoms. The van der Waals surface area contributed by atoms with Crippen LogP contribution in [-0.2, 0) is 6.42 Å². The molecule has 1 aromatic carbocycles. The predicted molar refractivity (Wildman–Crippen MR) is 89.4 cm³/mol. The van der Waals surface area contributed by atoms with Crippen LogP contribution >= 0.6 is 0 Å². The van der Waals surface area contributed by atoms with Crippen molar-refractivity contribution < 1.29 is 0 Å². The summed E-state index contributed by atoms with van der Waals surface area (Å²) in [5.74, 6) is 1.96. The van der Waals surface area contributed by atoms with E-state index in [2.05, 4.69) is 67.4 Å². The van der Waals surface area contributed by atoms with Crippen molar-refractivity contribution in [3.05, 3.63) is 48.0 Å². The Labute approximate surface area is 127 Å². The Kier molecular flexibility index (Phi) is 3.58. The Hall–Kier alpha value is -2.03. The molecule has 0 saturated heterocycles. The lowest BCUT2D eigenvalue weighted by atomic mass is 10.0. The van der Waals surface area contributed by atoms with Crippen molar-refractivity contribution in [2.75, 3.05) is 16.8 Å². The molecule has 0 fully saturated rings. The van der Waals surface area contributed by atoms with Gasteiger partial charge in [0.25, 0.3) is 0 Å². The molecule has 1 aliphatic rings. The molecule has 1 aromatic heterocycles. The molecule has 2 aromatic rings. The van der Waals surface area contributed by atoms with Gasteiger partial charge in [0.05, 0.1) is 0 Å². The van der Waals surface area contributed by atoms with Crippen LogP contribution in [0.1, 0.15) is 32.8 Å². The number of benzene rings is 1. The molecule has 0 amide bonds. The van der Waals surface area contributed by atoms with E-state index >= 15 is 0 Å². The minimum atomic E-state index is 0.0193.